The highest BCUT2D eigenvalue weighted by atomic mass is 16.5. The van der Waals surface area contributed by atoms with Gasteiger partial charge in [0.15, 0.2) is 0 Å². The summed E-state index contributed by atoms with van der Waals surface area (Å²) in [6, 6.07) is 14.2. The van der Waals surface area contributed by atoms with Crippen molar-refractivity contribution in [3.05, 3.63) is 54.1 Å². The number of carbonyl (C=O) groups is 2. The molecule has 2 amide bonds. The Kier molecular flexibility index (Phi) is 8.81. The van der Waals surface area contributed by atoms with Gasteiger partial charge in [-0.25, -0.2) is 0 Å². The summed E-state index contributed by atoms with van der Waals surface area (Å²) in [5, 5.41) is 8.58. The van der Waals surface area contributed by atoms with Crippen molar-refractivity contribution in [2.75, 3.05) is 43.5 Å². The maximum absolute atomic E-state index is 12.1. The van der Waals surface area contributed by atoms with Crippen molar-refractivity contribution in [1.29, 1.82) is 0 Å². The van der Waals surface area contributed by atoms with Crippen LogP contribution in [0, 0.1) is 0 Å². The van der Waals surface area contributed by atoms with Crippen LogP contribution in [0.3, 0.4) is 0 Å². The summed E-state index contributed by atoms with van der Waals surface area (Å²) in [5.41, 5.74) is 1.93. The fourth-order valence-corrected chi connectivity index (χ4v) is 2.42. The lowest BCUT2D eigenvalue weighted by atomic mass is 10.2. The van der Waals surface area contributed by atoms with Gasteiger partial charge >= 0.3 is 0 Å². The first-order valence-corrected chi connectivity index (χ1v) is 9.35. The molecule has 2 rings (SSSR count). The SMILES string of the molecule is CCNC(=O)c1cccc(NCC(=O)Nc2ccc(OCCOCC)cc2)c1. The van der Waals surface area contributed by atoms with Crippen LogP contribution in [0.2, 0.25) is 0 Å². The molecular weight excluding hydrogens is 358 g/mol. The van der Waals surface area contributed by atoms with E-state index in [1.165, 1.54) is 0 Å². The molecule has 7 heteroatoms. The number of rotatable bonds is 11. The Morgan fingerprint density at radius 3 is 2.46 bits per heavy atom. The molecule has 0 aliphatic rings. The van der Waals surface area contributed by atoms with Gasteiger partial charge in [-0.05, 0) is 56.3 Å². The molecule has 2 aromatic rings. The van der Waals surface area contributed by atoms with E-state index < -0.39 is 0 Å². The number of ether oxygens (including phenoxy) is 2. The third kappa shape index (κ3) is 7.28. The van der Waals surface area contributed by atoms with E-state index in [-0.39, 0.29) is 18.4 Å². The number of amides is 2. The molecule has 0 saturated heterocycles. The molecular formula is C21H27N3O4. The maximum atomic E-state index is 12.1. The molecule has 7 nitrogen and oxygen atoms in total. The van der Waals surface area contributed by atoms with E-state index in [0.29, 0.717) is 43.3 Å². The van der Waals surface area contributed by atoms with Crippen LogP contribution in [-0.4, -0.2) is 44.7 Å². The first-order chi connectivity index (χ1) is 13.6. The van der Waals surface area contributed by atoms with Gasteiger partial charge < -0.3 is 25.4 Å². The van der Waals surface area contributed by atoms with E-state index in [4.69, 9.17) is 9.47 Å². The van der Waals surface area contributed by atoms with Crippen LogP contribution in [0.1, 0.15) is 24.2 Å². The summed E-state index contributed by atoms with van der Waals surface area (Å²) >= 11 is 0. The number of benzene rings is 2. The molecule has 0 aliphatic carbocycles. The molecule has 0 bridgehead atoms. The van der Waals surface area contributed by atoms with E-state index in [1.807, 2.05) is 19.9 Å². The molecule has 2 aromatic carbocycles. The molecule has 0 aliphatic heterocycles. The zero-order valence-corrected chi connectivity index (χ0v) is 16.3. The van der Waals surface area contributed by atoms with Gasteiger partial charge in [0, 0.05) is 30.1 Å². The van der Waals surface area contributed by atoms with E-state index in [1.54, 1.807) is 42.5 Å². The average Bonchev–Trinajstić information content (AvgIpc) is 2.71. The fourth-order valence-electron chi connectivity index (χ4n) is 2.42. The highest BCUT2D eigenvalue weighted by molar-refractivity contribution is 5.96. The summed E-state index contributed by atoms with van der Waals surface area (Å²) in [4.78, 5) is 24.0. The van der Waals surface area contributed by atoms with Gasteiger partial charge in [0.2, 0.25) is 5.91 Å². The summed E-state index contributed by atoms with van der Waals surface area (Å²) in [6.07, 6.45) is 0. The Bertz CT molecular complexity index is 763. The smallest absolute Gasteiger partial charge is 0.251 e. The highest BCUT2D eigenvalue weighted by Gasteiger charge is 2.06. The summed E-state index contributed by atoms with van der Waals surface area (Å²) in [7, 11) is 0. The van der Waals surface area contributed by atoms with Crippen molar-refractivity contribution in [3.63, 3.8) is 0 Å². The molecule has 150 valence electrons. The Balaban J connectivity index is 1.79. The van der Waals surface area contributed by atoms with Crippen molar-refractivity contribution in [3.8, 4) is 5.75 Å². The van der Waals surface area contributed by atoms with Gasteiger partial charge in [0.25, 0.3) is 5.91 Å². The average molecular weight is 385 g/mol. The topological polar surface area (TPSA) is 88.7 Å². The summed E-state index contributed by atoms with van der Waals surface area (Å²) in [6.45, 7) is 6.15. The third-order valence-corrected chi connectivity index (χ3v) is 3.75. The van der Waals surface area contributed by atoms with Crippen LogP contribution in [0.25, 0.3) is 0 Å². The van der Waals surface area contributed by atoms with E-state index in [0.717, 1.165) is 5.75 Å². The van der Waals surface area contributed by atoms with Gasteiger partial charge in [0.05, 0.1) is 13.2 Å². The van der Waals surface area contributed by atoms with E-state index >= 15 is 0 Å². The van der Waals surface area contributed by atoms with Crippen molar-refractivity contribution in [2.24, 2.45) is 0 Å². The molecule has 0 atom stereocenters. The predicted octanol–water partition coefficient (Wildman–Crippen LogP) is 2.90. The molecule has 3 N–H and O–H groups in total. The van der Waals surface area contributed by atoms with Gasteiger partial charge in [-0.1, -0.05) is 6.07 Å². The summed E-state index contributed by atoms with van der Waals surface area (Å²) < 4.78 is 10.8. The lowest BCUT2D eigenvalue weighted by Gasteiger charge is -2.10. The Hall–Kier alpha value is -3.06. The van der Waals surface area contributed by atoms with Crippen LogP contribution in [0.15, 0.2) is 48.5 Å². The lowest BCUT2D eigenvalue weighted by Crippen LogP contribution is -2.23. The van der Waals surface area contributed by atoms with Crippen LogP contribution >= 0.6 is 0 Å². The van der Waals surface area contributed by atoms with Gasteiger partial charge in [-0.3, -0.25) is 9.59 Å². The molecule has 0 saturated carbocycles. The quantitative estimate of drug-likeness (QED) is 0.518. The number of nitrogens with one attached hydrogen (secondary N) is 3. The lowest BCUT2D eigenvalue weighted by molar-refractivity contribution is -0.114. The second-order valence-corrected chi connectivity index (χ2v) is 5.91. The maximum Gasteiger partial charge on any atom is 0.251 e. The minimum Gasteiger partial charge on any atom is -0.491 e. The second-order valence-electron chi connectivity index (χ2n) is 5.91. The minimum absolute atomic E-state index is 0.0887. The van der Waals surface area contributed by atoms with Crippen molar-refractivity contribution < 1.29 is 19.1 Å². The molecule has 0 spiro atoms. The van der Waals surface area contributed by atoms with Gasteiger partial charge in [0.1, 0.15) is 12.4 Å². The largest absolute Gasteiger partial charge is 0.491 e. The number of carbonyl (C=O) groups excluding carboxylic acids is 2. The highest BCUT2D eigenvalue weighted by Crippen LogP contribution is 2.16. The first kappa shape index (κ1) is 21.2. The zero-order valence-electron chi connectivity index (χ0n) is 16.3. The molecule has 0 fully saturated rings. The molecule has 0 radical (unpaired) electrons. The molecule has 0 heterocycles. The fraction of sp³-hybridized carbons (Fsp3) is 0.333. The first-order valence-electron chi connectivity index (χ1n) is 9.35. The minimum atomic E-state index is -0.187. The van der Waals surface area contributed by atoms with E-state index in [2.05, 4.69) is 16.0 Å². The van der Waals surface area contributed by atoms with Crippen LogP contribution < -0.4 is 20.7 Å². The summed E-state index contributed by atoms with van der Waals surface area (Å²) in [5.74, 6) is 0.394. The van der Waals surface area contributed by atoms with Gasteiger partial charge in [-0.2, -0.15) is 0 Å². The monoisotopic (exact) mass is 385 g/mol. The molecule has 0 aromatic heterocycles. The Morgan fingerprint density at radius 1 is 0.964 bits per heavy atom. The Morgan fingerprint density at radius 2 is 1.75 bits per heavy atom. The molecule has 0 unspecified atom stereocenters. The molecule has 28 heavy (non-hydrogen) atoms. The third-order valence-electron chi connectivity index (χ3n) is 3.75. The Labute approximate surface area is 165 Å². The number of anilines is 2. The number of hydrogen-bond donors (Lipinski definition) is 3. The predicted molar refractivity (Wildman–Crippen MR) is 110 cm³/mol. The second kappa shape index (κ2) is 11.6. The standard InChI is InChI=1S/C21H27N3O4/c1-3-22-21(26)16-6-5-7-18(14-16)23-15-20(25)24-17-8-10-19(11-9-17)28-13-12-27-4-2/h5-11,14,23H,3-4,12-13,15H2,1-2H3,(H,22,26)(H,24,25). The van der Waals surface area contributed by atoms with Crippen LogP contribution in [0.5, 0.6) is 5.75 Å². The zero-order chi connectivity index (χ0) is 20.2. The van der Waals surface area contributed by atoms with Crippen molar-refractivity contribution in [1.82, 2.24) is 5.32 Å². The van der Waals surface area contributed by atoms with Crippen LogP contribution in [-0.2, 0) is 9.53 Å². The van der Waals surface area contributed by atoms with Crippen LogP contribution in [0.4, 0.5) is 11.4 Å². The van der Waals surface area contributed by atoms with E-state index in [9.17, 15) is 9.59 Å². The van der Waals surface area contributed by atoms with Crippen molar-refractivity contribution >= 4 is 23.2 Å². The van der Waals surface area contributed by atoms with Crippen molar-refractivity contribution in [2.45, 2.75) is 13.8 Å². The normalized spacial score (nSPS) is 10.2. The number of hydrogen-bond acceptors (Lipinski definition) is 5. The van der Waals surface area contributed by atoms with Gasteiger partial charge in [-0.15, -0.1) is 0 Å².